The van der Waals surface area contributed by atoms with Crippen molar-refractivity contribution < 1.29 is 19.1 Å². The summed E-state index contributed by atoms with van der Waals surface area (Å²) >= 11 is 6.24. The van der Waals surface area contributed by atoms with Crippen LogP contribution < -0.4 is 0 Å². The van der Waals surface area contributed by atoms with Crippen molar-refractivity contribution in [2.45, 2.75) is 51.9 Å². The van der Waals surface area contributed by atoms with Gasteiger partial charge in [-0.3, -0.25) is 9.59 Å². The number of carbonyl (C=O) groups excluding carboxylic acids is 2. The predicted molar refractivity (Wildman–Crippen MR) is 118 cm³/mol. The molecular formula is C24H34ClNO4. The van der Waals surface area contributed by atoms with Crippen LogP contribution in [-0.4, -0.2) is 56.1 Å². The van der Waals surface area contributed by atoms with E-state index in [-0.39, 0.29) is 18.4 Å². The van der Waals surface area contributed by atoms with Gasteiger partial charge in [0.2, 0.25) is 0 Å². The fourth-order valence-corrected chi connectivity index (χ4v) is 4.73. The van der Waals surface area contributed by atoms with Crippen LogP contribution in [0.2, 0.25) is 5.02 Å². The molecule has 0 unspecified atom stereocenters. The molecule has 0 amide bonds. The zero-order chi connectivity index (χ0) is 21.4. The number of halogens is 1. The smallest absolute Gasteiger partial charge is 0.306 e. The van der Waals surface area contributed by atoms with E-state index in [9.17, 15) is 9.59 Å². The van der Waals surface area contributed by atoms with Gasteiger partial charge in [-0.15, -0.1) is 0 Å². The molecule has 2 heterocycles. The Morgan fingerprint density at radius 1 is 1.20 bits per heavy atom. The van der Waals surface area contributed by atoms with Gasteiger partial charge in [-0.2, -0.15) is 0 Å². The first-order chi connectivity index (χ1) is 14.5. The lowest BCUT2D eigenvalue weighted by atomic mass is 9.75. The highest BCUT2D eigenvalue weighted by atomic mass is 35.5. The second-order valence-corrected chi connectivity index (χ2v) is 9.06. The average molecular weight is 436 g/mol. The summed E-state index contributed by atoms with van der Waals surface area (Å²) < 4.78 is 11.2. The number of hydrogen-bond donors (Lipinski definition) is 0. The number of benzene rings is 1. The summed E-state index contributed by atoms with van der Waals surface area (Å²) in [5, 5.41) is 0.687. The van der Waals surface area contributed by atoms with Crippen molar-refractivity contribution >= 4 is 23.4 Å². The van der Waals surface area contributed by atoms with E-state index < -0.39 is 5.41 Å². The summed E-state index contributed by atoms with van der Waals surface area (Å²) in [6, 6.07) is 7.62. The van der Waals surface area contributed by atoms with Crippen LogP contribution in [-0.2, 0) is 25.5 Å². The Morgan fingerprint density at radius 2 is 1.90 bits per heavy atom. The third kappa shape index (κ3) is 6.29. The van der Waals surface area contributed by atoms with Crippen LogP contribution in [0, 0.1) is 11.3 Å². The van der Waals surface area contributed by atoms with E-state index in [1.165, 1.54) is 0 Å². The number of rotatable bonds is 9. The molecule has 0 spiro atoms. The molecule has 0 radical (unpaired) electrons. The molecule has 0 aromatic heterocycles. The monoisotopic (exact) mass is 435 g/mol. The zero-order valence-corrected chi connectivity index (χ0v) is 18.8. The number of likely N-dealkylation sites (tertiary alicyclic amines) is 1. The summed E-state index contributed by atoms with van der Waals surface area (Å²) in [4.78, 5) is 28.1. The average Bonchev–Trinajstić information content (AvgIpc) is 2.78. The van der Waals surface area contributed by atoms with Crippen molar-refractivity contribution in [2.24, 2.45) is 11.3 Å². The van der Waals surface area contributed by atoms with Gasteiger partial charge in [0.05, 0.1) is 5.41 Å². The number of ketones is 1. The van der Waals surface area contributed by atoms with E-state index in [0.29, 0.717) is 56.3 Å². The van der Waals surface area contributed by atoms with Crippen LogP contribution in [0.5, 0.6) is 0 Å². The van der Waals surface area contributed by atoms with Crippen molar-refractivity contribution in [1.29, 1.82) is 0 Å². The first-order valence-corrected chi connectivity index (χ1v) is 11.6. The van der Waals surface area contributed by atoms with E-state index in [4.69, 9.17) is 21.1 Å². The zero-order valence-electron chi connectivity index (χ0n) is 18.0. The molecule has 5 nitrogen and oxygen atoms in total. The molecule has 0 bridgehead atoms. The maximum absolute atomic E-state index is 13.2. The van der Waals surface area contributed by atoms with Gasteiger partial charge in [0.15, 0.2) is 0 Å². The number of carbonyl (C=O) groups is 2. The molecule has 1 aromatic rings. The minimum absolute atomic E-state index is 0.148. The molecule has 2 fully saturated rings. The van der Waals surface area contributed by atoms with Gasteiger partial charge in [-0.25, -0.2) is 0 Å². The summed E-state index contributed by atoms with van der Waals surface area (Å²) in [5.41, 5.74) is 0.353. The summed E-state index contributed by atoms with van der Waals surface area (Å²) in [7, 11) is 0. The van der Waals surface area contributed by atoms with Gasteiger partial charge >= 0.3 is 5.97 Å². The van der Waals surface area contributed by atoms with E-state index in [0.717, 1.165) is 38.0 Å². The SMILES string of the molecule is CCN1CCC(CC(=O)OCC2(C(=O)CCc3ccccc3Cl)CCOCC2)CC1. The fourth-order valence-electron chi connectivity index (χ4n) is 4.50. The van der Waals surface area contributed by atoms with E-state index in [2.05, 4.69) is 11.8 Å². The number of piperidine rings is 1. The molecule has 6 heteroatoms. The Hall–Kier alpha value is -1.43. The van der Waals surface area contributed by atoms with Crippen LogP contribution in [0.4, 0.5) is 0 Å². The molecule has 0 saturated carbocycles. The van der Waals surface area contributed by atoms with E-state index in [1.54, 1.807) is 0 Å². The van der Waals surface area contributed by atoms with Crippen LogP contribution in [0.3, 0.4) is 0 Å². The molecule has 0 aliphatic carbocycles. The van der Waals surface area contributed by atoms with E-state index >= 15 is 0 Å². The van der Waals surface area contributed by atoms with Gasteiger partial charge < -0.3 is 14.4 Å². The topological polar surface area (TPSA) is 55.8 Å². The molecule has 3 rings (SSSR count). The largest absolute Gasteiger partial charge is 0.465 e. The van der Waals surface area contributed by atoms with Crippen LogP contribution in [0.1, 0.15) is 51.0 Å². The van der Waals surface area contributed by atoms with Crippen molar-refractivity contribution in [3.05, 3.63) is 34.9 Å². The summed E-state index contributed by atoms with van der Waals surface area (Å²) in [5.74, 6) is 0.367. The minimum Gasteiger partial charge on any atom is -0.465 e. The lowest BCUT2D eigenvalue weighted by Crippen LogP contribution is -2.42. The van der Waals surface area contributed by atoms with Gasteiger partial charge in [0.1, 0.15) is 12.4 Å². The molecule has 2 saturated heterocycles. The molecule has 0 atom stereocenters. The first-order valence-electron chi connectivity index (χ1n) is 11.2. The highest BCUT2D eigenvalue weighted by Crippen LogP contribution is 2.34. The second kappa shape index (κ2) is 11.3. The molecule has 0 N–H and O–H groups in total. The molecule has 1 aromatic carbocycles. The normalized spacial score (nSPS) is 20.1. The molecule has 2 aliphatic heterocycles. The maximum Gasteiger partial charge on any atom is 0.306 e. The fraction of sp³-hybridized carbons (Fsp3) is 0.667. The maximum atomic E-state index is 13.2. The highest BCUT2D eigenvalue weighted by Gasteiger charge is 2.40. The molecule has 2 aliphatic rings. The number of aryl methyl sites for hydroxylation is 1. The quantitative estimate of drug-likeness (QED) is 0.541. The number of ether oxygens (including phenoxy) is 2. The van der Waals surface area contributed by atoms with Gasteiger partial charge in [0, 0.05) is 31.1 Å². The summed E-state index contributed by atoms with van der Waals surface area (Å²) in [6.45, 7) is 6.58. The summed E-state index contributed by atoms with van der Waals surface area (Å²) in [6.07, 6.45) is 4.75. The predicted octanol–water partition coefficient (Wildman–Crippen LogP) is 4.30. The molecule has 166 valence electrons. The standard InChI is InChI=1S/C24H34ClNO4/c1-2-26-13-9-19(10-14-26)17-23(28)30-18-24(11-15-29-16-12-24)22(27)8-7-20-5-3-4-6-21(20)25/h3-6,19H,2,7-18H2,1H3. The number of hydrogen-bond acceptors (Lipinski definition) is 5. The Morgan fingerprint density at radius 3 is 2.57 bits per heavy atom. The Labute approximate surface area is 185 Å². The first kappa shape index (κ1) is 23.2. The Balaban J connectivity index is 1.52. The third-order valence-electron chi connectivity index (χ3n) is 6.74. The minimum atomic E-state index is -0.624. The lowest BCUT2D eigenvalue weighted by Gasteiger charge is -2.35. The second-order valence-electron chi connectivity index (χ2n) is 8.65. The number of Topliss-reactive ketones (excluding diaryl/α,β-unsaturated/α-hetero) is 1. The van der Waals surface area contributed by atoms with Crippen LogP contribution >= 0.6 is 11.6 Å². The number of nitrogens with zero attached hydrogens (tertiary/aromatic N) is 1. The van der Waals surface area contributed by atoms with Crippen molar-refractivity contribution in [3.8, 4) is 0 Å². The van der Waals surface area contributed by atoms with Crippen LogP contribution in [0.15, 0.2) is 24.3 Å². The van der Waals surface area contributed by atoms with E-state index in [1.807, 2.05) is 24.3 Å². The highest BCUT2D eigenvalue weighted by molar-refractivity contribution is 6.31. The third-order valence-corrected chi connectivity index (χ3v) is 7.11. The van der Waals surface area contributed by atoms with Crippen molar-refractivity contribution in [1.82, 2.24) is 4.90 Å². The Kier molecular flexibility index (Phi) is 8.72. The van der Waals surface area contributed by atoms with Gasteiger partial charge in [-0.1, -0.05) is 36.7 Å². The van der Waals surface area contributed by atoms with Gasteiger partial charge in [0.25, 0.3) is 0 Å². The molecular weight excluding hydrogens is 402 g/mol. The van der Waals surface area contributed by atoms with Crippen molar-refractivity contribution in [2.75, 3.05) is 39.5 Å². The molecule has 30 heavy (non-hydrogen) atoms. The number of esters is 1. The Bertz CT molecular complexity index is 709. The lowest BCUT2D eigenvalue weighted by molar-refractivity contribution is -0.155. The van der Waals surface area contributed by atoms with Crippen LogP contribution in [0.25, 0.3) is 0 Å². The van der Waals surface area contributed by atoms with Crippen molar-refractivity contribution in [3.63, 3.8) is 0 Å². The van der Waals surface area contributed by atoms with Gasteiger partial charge in [-0.05, 0) is 69.3 Å².